The maximum Gasteiger partial charge on any atom is 0.335 e. The Bertz CT molecular complexity index is 968. The van der Waals surface area contributed by atoms with Gasteiger partial charge >= 0.3 is 5.97 Å². The summed E-state index contributed by atoms with van der Waals surface area (Å²) >= 11 is 11.9. The number of carbonyl (C=O) groups excluding carboxylic acids is 1. The maximum absolute atomic E-state index is 12.8. The zero-order chi connectivity index (χ0) is 20.1. The fraction of sp³-hybridized carbons (Fsp3) is 0.0909. The van der Waals surface area contributed by atoms with E-state index in [9.17, 15) is 9.59 Å². The Morgan fingerprint density at radius 3 is 1.82 bits per heavy atom. The van der Waals surface area contributed by atoms with Crippen LogP contribution in [0.1, 0.15) is 38.7 Å². The third-order valence-corrected chi connectivity index (χ3v) is 4.80. The molecule has 0 aliphatic rings. The number of benzene rings is 3. The molecule has 1 atom stereocenters. The average molecular weight is 414 g/mol. The lowest BCUT2D eigenvalue weighted by atomic mass is 9.97. The topological polar surface area (TPSA) is 66.4 Å². The van der Waals surface area contributed by atoms with E-state index in [1.165, 1.54) is 12.1 Å². The Morgan fingerprint density at radius 1 is 0.786 bits per heavy atom. The predicted molar refractivity (Wildman–Crippen MR) is 112 cm³/mol. The molecular weight excluding hydrogens is 397 g/mol. The van der Waals surface area contributed by atoms with Crippen LogP contribution in [0.2, 0.25) is 10.0 Å². The fourth-order valence-electron chi connectivity index (χ4n) is 2.80. The molecule has 0 saturated heterocycles. The molecular formula is C22H17Cl2NO3. The molecule has 0 aromatic heterocycles. The molecule has 0 aliphatic carbocycles. The van der Waals surface area contributed by atoms with Gasteiger partial charge < -0.3 is 10.4 Å². The van der Waals surface area contributed by atoms with Gasteiger partial charge in [0.2, 0.25) is 0 Å². The van der Waals surface area contributed by atoms with Crippen molar-refractivity contribution in [1.82, 2.24) is 0 Å². The summed E-state index contributed by atoms with van der Waals surface area (Å²) in [7, 11) is 0. The van der Waals surface area contributed by atoms with Gasteiger partial charge in [-0.15, -0.1) is 0 Å². The van der Waals surface area contributed by atoms with E-state index in [4.69, 9.17) is 28.3 Å². The van der Waals surface area contributed by atoms with Gasteiger partial charge in [0.05, 0.1) is 11.6 Å². The molecule has 0 heterocycles. The van der Waals surface area contributed by atoms with E-state index >= 15 is 0 Å². The third-order valence-electron chi connectivity index (χ3n) is 4.30. The van der Waals surface area contributed by atoms with Crippen LogP contribution < -0.4 is 5.32 Å². The molecule has 0 bridgehead atoms. The number of carbonyl (C=O) groups is 2. The van der Waals surface area contributed by atoms with Crippen LogP contribution in [0.4, 0.5) is 5.69 Å². The van der Waals surface area contributed by atoms with Gasteiger partial charge in [-0.2, -0.15) is 0 Å². The second-order valence-corrected chi connectivity index (χ2v) is 7.14. The largest absolute Gasteiger partial charge is 0.478 e. The summed E-state index contributed by atoms with van der Waals surface area (Å²) < 4.78 is 0. The van der Waals surface area contributed by atoms with Gasteiger partial charge in [0, 0.05) is 27.7 Å². The normalized spacial score (nSPS) is 11.6. The second-order valence-electron chi connectivity index (χ2n) is 6.27. The van der Waals surface area contributed by atoms with Gasteiger partial charge in [0.15, 0.2) is 5.78 Å². The van der Waals surface area contributed by atoms with Gasteiger partial charge in [0.25, 0.3) is 0 Å². The van der Waals surface area contributed by atoms with Crippen molar-refractivity contribution >= 4 is 40.6 Å². The number of rotatable bonds is 7. The number of hydrogen-bond acceptors (Lipinski definition) is 3. The molecule has 0 saturated carbocycles. The summed E-state index contributed by atoms with van der Waals surface area (Å²) in [4.78, 5) is 23.8. The van der Waals surface area contributed by atoms with Crippen molar-refractivity contribution in [1.29, 1.82) is 0 Å². The molecule has 2 N–H and O–H groups in total. The monoisotopic (exact) mass is 413 g/mol. The van der Waals surface area contributed by atoms with Crippen LogP contribution in [0, 0.1) is 0 Å². The van der Waals surface area contributed by atoms with Crippen LogP contribution in [0.3, 0.4) is 0 Å². The Labute approximate surface area is 172 Å². The summed E-state index contributed by atoms with van der Waals surface area (Å²) in [6.45, 7) is 0. The van der Waals surface area contributed by atoms with Crippen LogP contribution in [0.25, 0.3) is 0 Å². The van der Waals surface area contributed by atoms with Crippen LogP contribution in [-0.2, 0) is 0 Å². The highest BCUT2D eigenvalue weighted by atomic mass is 35.5. The highest BCUT2D eigenvalue weighted by molar-refractivity contribution is 6.30. The number of hydrogen-bond donors (Lipinski definition) is 2. The first-order chi connectivity index (χ1) is 13.4. The summed E-state index contributed by atoms with van der Waals surface area (Å²) in [5.41, 5.74) is 2.39. The zero-order valence-corrected chi connectivity index (χ0v) is 16.2. The van der Waals surface area contributed by atoms with E-state index in [2.05, 4.69) is 5.32 Å². The summed E-state index contributed by atoms with van der Waals surface area (Å²) in [6, 6.07) is 20.1. The maximum atomic E-state index is 12.8. The molecule has 3 aromatic carbocycles. The number of anilines is 1. The summed E-state index contributed by atoms with van der Waals surface area (Å²) in [5.74, 6) is -1.02. The van der Waals surface area contributed by atoms with Crippen molar-refractivity contribution in [2.24, 2.45) is 0 Å². The first-order valence-corrected chi connectivity index (χ1v) is 9.32. The van der Waals surface area contributed by atoms with Crippen molar-refractivity contribution in [3.05, 3.63) is 99.5 Å². The molecule has 0 radical (unpaired) electrons. The van der Waals surface area contributed by atoms with Crippen molar-refractivity contribution in [2.75, 3.05) is 5.32 Å². The molecule has 6 heteroatoms. The Balaban J connectivity index is 1.84. The molecule has 3 aromatic rings. The van der Waals surface area contributed by atoms with Crippen LogP contribution in [0.5, 0.6) is 0 Å². The number of nitrogens with one attached hydrogen (secondary N) is 1. The molecule has 0 fully saturated rings. The van der Waals surface area contributed by atoms with Gasteiger partial charge in [-0.05, 0) is 66.2 Å². The minimum absolute atomic E-state index is 0.0359. The van der Waals surface area contributed by atoms with E-state index in [1.54, 1.807) is 48.5 Å². The van der Waals surface area contributed by atoms with Crippen molar-refractivity contribution < 1.29 is 14.7 Å². The molecule has 3 rings (SSSR count). The van der Waals surface area contributed by atoms with Crippen LogP contribution in [0.15, 0.2) is 72.8 Å². The lowest BCUT2D eigenvalue weighted by Crippen LogP contribution is -2.16. The van der Waals surface area contributed by atoms with E-state index in [0.29, 0.717) is 21.3 Å². The lowest BCUT2D eigenvalue weighted by Gasteiger charge is -2.20. The SMILES string of the molecule is O=C(O)c1ccc(NC(CC(=O)c2ccc(Cl)cc2)c2ccc(Cl)cc2)cc1. The molecule has 0 spiro atoms. The minimum atomic E-state index is -0.987. The summed E-state index contributed by atoms with van der Waals surface area (Å²) in [6.07, 6.45) is 0.212. The van der Waals surface area contributed by atoms with Gasteiger partial charge in [0.1, 0.15) is 0 Å². The second kappa shape index (κ2) is 8.91. The molecule has 0 amide bonds. The number of ketones is 1. The minimum Gasteiger partial charge on any atom is -0.478 e. The lowest BCUT2D eigenvalue weighted by molar-refractivity contribution is 0.0696. The van der Waals surface area contributed by atoms with Gasteiger partial charge in [-0.25, -0.2) is 4.79 Å². The number of halogens is 2. The quantitative estimate of drug-likeness (QED) is 0.458. The predicted octanol–water partition coefficient (Wildman–Crippen LogP) is 6.12. The molecule has 28 heavy (non-hydrogen) atoms. The first kappa shape index (κ1) is 19.9. The third kappa shape index (κ3) is 5.12. The van der Waals surface area contributed by atoms with Gasteiger partial charge in [-0.1, -0.05) is 35.3 Å². The first-order valence-electron chi connectivity index (χ1n) is 8.56. The zero-order valence-electron chi connectivity index (χ0n) is 14.7. The van der Waals surface area contributed by atoms with Crippen LogP contribution >= 0.6 is 23.2 Å². The Kier molecular flexibility index (Phi) is 6.34. The molecule has 4 nitrogen and oxygen atoms in total. The molecule has 142 valence electrons. The highest BCUT2D eigenvalue weighted by Crippen LogP contribution is 2.26. The number of Topliss-reactive ketones (excluding diaryl/α,β-unsaturated/α-hetero) is 1. The summed E-state index contributed by atoms with van der Waals surface area (Å²) in [5, 5.41) is 13.5. The van der Waals surface area contributed by atoms with Gasteiger partial charge in [-0.3, -0.25) is 4.79 Å². The Morgan fingerprint density at radius 2 is 1.29 bits per heavy atom. The van der Waals surface area contributed by atoms with E-state index in [-0.39, 0.29) is 23.8 Å². The van der Waals surface area contributed by atoms with Crippen LogP contribution in [-0.4, -0.2) is 16.9 Å². The molecule has 1 unspecified atom stereocenters. The smallest absolute Gasteiger partial charge is 0.335 e. The highest BCUT2D eigenvalue weighted by Gasteiger charge is 2.18. The average Bonchev–Trinajstić information content (AvgIpc) is 2.69. The van der Waals surface area contributed by atoms with E-state index in [0.717, 1.165) is 5.56 Å². The fourth-order valence-corrected chi connectivity index (χ4v) is 3.05. The van der Waals surface area contributed by atoms with E-state index in [1.807, 2.05) is 12.1 Å². The Hall–Kier alpha value is -2.82. The number of aromatic carboxylic acids is 1. The van der Waals surface area contributed by atoms with Crippen molar-refractivity contribution in [3.8, 4) is 0 Å². The van der Waals surface area contributed by atoms with Crippen molar-refractivity contribution in [3.63, 3.8) is 0 Å². The molecule has 0 aliphatic heterocycles. The number of carboxylic acids is 1. The van der Waals surface area contributed by atoms with Crippen molar-refractivity contribution in [2.45, 2.75) is 12.5 Å². The number of carboxylic acid groups (broad SMARTS) is 1. The van der Waals surface area contributed by atoms with E-state index < -0.39 is 5.97 Å². The standard InChI is InChI=1S/C22H17Cl2NO3/c23-17-7-1-14(2-8-17)20(13-21(26)15-3-9-18(24)10-4-15)25-19-11-5-16(6-12-19)22(27)28/h1-12,20,25H,13H2,(H,27,28).